The number of rotatable bonds is 14. The van der Waals surface area contributed by atoms with Gasteiger partial charge in [-0.15, -0.1) is 0 Å². The number of carbonyl (C=O) groups is 2. The number of alkyl carbamates (subject to hydrolysis) is 1. The second kappa shape index (κ2) is 16.4. The monoisotopic (exact) mass is 632 g/mol. The van der Waals surface area contributed by atoms with Gasteiger partial charge in [-0.3, -0.25) is 0 Å². The first-order valence-electron chi connectivity index (χ1n) is 15.9. The van der Waals surface area contributed by atoms with Gasteiger partial charge in [0.25, 0.3) is 0 Å². The molecule has 246 valence electrons. The Morgan fingerprint density at radius 2 is 1.57 bits per heavy atom. The fraction of sp³-hybridized carbons (Fsp3) is 0.444. The normalized spacial score (nSPS) is 20.0. The van der Waals surface area contributed by atoms with Crippen molar-refractivity contribution >= 4 is 12.2 Å². The highest BCUT2D eigenvalue weighted by Gasteiger charge is 2.44. The molecule has 2 aliphatic rings. The van der Waals surface area contributed by atoms with Crippen molar-refractivity contribution in [3.63, 3.8) is 0 Å². The molecule has 46 heavy (non-hydrogen) atoms. The van der Waals surface area contributed by atoms with Gasteiger partial charge in [0, 0.05) is 6.54 Å². The maximum atomic E-state index is 13.2. The zero-order valence-corrected chi connectivity index (χ0v) is 26.5. The molecule has 0 bridgehead atoms. The number of hydrogen-bond donors (Lipinski definition) is 2. The van der Waals surface area contributed by atoms with E-state index in [2.05, 4.69) is 5.32 Å². The summed E-state index contributed by atoms with van der Waals surface area (Å²) >= 11 is 0. The van der Waals surface area contributed by atoms with Gasteiger partial charge in [-0.25, -0.2) is 9.59 Å². The molecular weight excluding hydrogens is 588 g/mol. The molecule has 2 saturated heterocycles. The minimum atomic E-state index is -1.12. The summed E-state index contributed by atoms with van der Waals surface area (Å²) in [5, 5.41) is 14.4. The van der Waals surface area contributed by atoms with Crippen molar-refractivity contribution in [2.75, 3.05) is 26.3 Å². The van der Waals surface area contributed by atoms with E-state index in [0.717, 1.165) is 23.1 Å². The molecule has 2 aliphatic heterocycles. The topological polar surface area (TPSA) is 116 Å². The van der Waals surface area contributed by atoms with Gasteiger partial charge >= 0.3 is 12.2 Å². The van der Waals surface area contributed by atoms with Crippen LogP contribution in [0.2, 0.25) is 0 Å². The highest BCUT2D eigenvalue weighted by atomic mass is 16.7. The molecule has 5 atom stereocenters. The highest BCUT2D eigenvalue weighted by Crippen LogP contribution is 2.33. The van der Waals surface area contributed by atoms with E-state index in [-0.39, 0.29) is 37.9 Å². The Kier molecular flexibility index (Phi) is 11.9. The van der Waals surface area contributed by atoms with E-state index in [4.69, 9.17) is 23.7 Å². The van der Waals surface area contributed by atoms with Crippen molar-refractivity contribution in [1.29, 1.82) is 0 Å². The fourth-order valence-corrected chi connectivity index (χ4v) is 5.70. The van der Waals surface area contributed by atoms with Crippen molar-refractivity contribution in [3.8, 4) is 5.75 Å². The van der Waals surface area contributed by atoms with E-state index in [9.17, 15) is 14.7 Å². The van der Waals surface area contributed by atoms with Gasteiger partial charge in [0.15, 0.2) is 6.29 Å². The molecule has 2 heterocycles. The molecule has 5 rings (SSSR count). The first kappa shape index (κ1) is 33.2. The number of hydrogen-bond acceptors (Lipinski definition) is 8. The summed E-state index contributed by atoms with van der Waals surface area (Å²) in [6, 6.07) is 26.1. The van der Waals surface area contributed by atoms with Crippen LogP contribution in [0.1, 0.15) is 37.0 Å². The maximum absolute atomic E-state index is 13.2. The molecule has 10 heteroatoms. The van der Waals surface area contributed by atoms with Gasteiger partial charge < -0.3 is 39.0 Å². The summed E-state index contributed by atoms with van der Waals surface area (Å²) in [6.07, 6.45) is -2.05. The van der Waals surface area contributed by atoms with E-state index in [1.807, 2.05) is 98.8 Å². The van der Waals surface area contributed by atoms with Crippen LogP contribution < -0.4 is 10.1 Å². The van der Waals surface area contributed by atoms with E-state index >= 15 is 0 Å². The number of amides is 2. The number of ether oxygens (including phenoxy) is 5. The molecule has 2 fully saturated rings. The van der Waals surface area contributed by atoms with Crippen molar-refractivity contribution in [2.24, 2.45) is 11.8 Å². The highest BCUT2D eigenvalue weighted by molar-refractivity contribution is 5.69. The zero-order chi connectivity index (χ0) is 32.3. The van der Waals surface area contributed by atoms with Gasteiger partial charge in [-0.1, -0.05) is 86.6 Å². The minimum absolute atomic E-state index is 0.0153. The first-order valence-corrected chi connectivity index (χ1v) is 15.9. The molecule has 0 aromatic heterocycles. The van der Waals surface area contributed by atoms with Gasteiger partial charge in [-0.2, -0.15) is 0 Å². The Bertz CT molecular complexity index is 1370. The van der Waals surface area contributed by atoms with E-state index in [1.54, 1.807) is 0 Å². The molecule has 3 aromatic carbocycles. The van der Waals surface area contributed by atoms with E-state index in [0.29, 0.717) is 31.9 Å². The third-order valence-electron chi connectivity index (χ3n) is 8.09. The van der Waals surface area contributed by atoms with Crippen LogP contribution in [0, 0.1) is 11.8 Å². The van der Waals surface area contributed by atoms with Gasteiger partial charge in [0.05, 0.1) is 37.8 Å². The Morgan fingerprint density at radius 3 is 2.24 bits per heavy atom. The average molecular weight is 633 g/mol. The largest absolute Gasteiger partial charge is 0.489 e. The average Bonchev–Trinajstić information content (AvgIpc) is 3.68. The second-order valence-corrected chi connectivity index (χ2v) is 12.2. The molecule has 10 nitrogen and oxygen atoms in total. The number of benzene rings is 3. The van der Waals surface area contributed by atoms with Gasteiger partial charge in [0.1, 0.15) is 25.1 Å². The molecule has 2 amide bonds. The number of aliphatic hydroxyl groups is 1. The standard InChI is InChI=1S/C36H44N2O8/c1-25(2)20-38(36(41)45-23-28-11-7-4-8-12-28)21-32(39)31(37-35(40)46-33-24-44-34-30(33)17-18-42-34)19-26-13-15-29(16-14-26)43-22-27-9-5-3-6-10-27/h3-16,25,30-34,39H,17-24H2,1-2H3,(H,37,40)/t30-,31+,32+,33-,34+/m0/s1. The van der Waals surface area contributed by atoms with Crippen LogP contribution in [0.15, 0.2) is 84.9 Å². The molecular formula is C36H44N2O8. The van der Waals surface area contributed by atoms with Crippen LogP contribution in [-0.2, 0) is 38.6 Å². The van der Waals surface area contributed by atoms with Crippen molar-refractivity contribution in [1.82, 2.24) is 10.2 Å². The summed E-state index contributed by atoms with van der Waals surface area (Å²) in [5.74, 6) is 0.814. The minimum Gasteiger partial charge on any atom is -0.489 e. The fourth-order valence-electron chi connectivity index (χ4n) is 5.70. The van der Waals surface area contributed by atoms with E-state index in [1.165, 1.54) is 4.90 Å². The van der Waals surface area contributed by atoms with Gasteiger partial charge in [-0.05, 0) is 47.6 Å². The Balaban J connectivity index is 1.25. The Hall–Kier alpha value is -4.12. The lowest BCUT2D eigenvalue weighted by Gasteiger charge is -2.31. The SMILES string of the molecule is CC(C)CN(C[C@@H](O)[C@@H](Cc1ccc(OCc2ccccc2)cc1)NC(=O)O[C@H]1CO[C@H]2OCC[C@H]21)C(=O)OCc1ccccc1. The lowest BCUT2D eigenvalue weighted by Crippen LogP contribution is -2.52. The molecule has 3 aromatic rings. The van der Waals surface area contributed by atoms with Crippen LogP contribution >= 0.6 is 0 Å². The third-order valence-corrected chi connectivity index (χ3v) is 8.09. The molecule has 0 saturated carbocycles. The second-order valence-electron chi connectivity index (χ2n) is 12.2. The summed E-state index contributed by atoms with van der Waals surface area (Å²) < 4.78 is 28.4. The summed E-state index contributed by atoms with van der Waals surface area (Å²) in [7, 11) is 0. The quantitative estimate of drug-likeness (QED) is 0.246. The molecule has 2 N–H and O–H groups in total. The van der Waals surface area contributed by atoms with Gasteiger partial charge in [0.2, 0.25) is 0 Å². The van der Waals surface area contributed by atoms with Crippen LogP contribution in [0.4, 0.5) is 9.59 Å². The number of nitrogens with zero attached hydrogens (tertiary/aromatic N) is 1. The van der Waals surface area contributed by atoms with Crippen molar-refractivity contribution in [2.45, 2.75) is 64.4 Å². The predicted molar refractivity (Wildman–Crippen MR) is 171 cm³/mol. The van der Waals surface area contributed by atoms with Crippen LogP contribution in [0.25, 0.3) is 0 Å². The molecule has 0 spiro atoms. The molecule has 0 unspecified atom stereocenters. The maximum Gasteiger partial charge on any atom is 0.410 e. The smallest absolute Gasteiger partial charge is 0.410 e. The summed E-state index contributed by atoms with van der Waals surface area (Å²) in [4.78, 5) is 27.8. The summed E-state index contributed by atoms with van der Waals surface area (Å²) in [6.45, 7) is 5.69. The molecule has 0 radical (unpaired) electrons. The van der Waals surface area contributed by atoms with Crippen LogP contribution in [0.3, 0.4) is 0 Å². The lowest BCUT2D eigenvalue weighted by molar-refractivity contribution is -0.0907. The lowest BCUT2D eigenvalue weighted by atomic mass is 10.0. The Morgan fingerprint density at radius 1 is 0.891 bits per heavy atom. The zero-order valence-electron chi connectivity index (χ0n) is 26.5. The number of carbonyl (C=O) groups excluding carboxylic acids is 2. The summed E-state index contributed by atoms with van der Waals surface area (Å²) in [5.41, 5.74) is 2.80. The van der Waals surface area contributed by atoms with Crippen LogP contribution in [-0.4, -0.2) is 73.0 Å². The first-order chi connectivity index (χ1) is 22.3. The third kappa shape index (κ3) is 9.69. The van der Waals surface area contributed by atoms with Crippen LogP contribution in [0.5, 0.6) is 5.75 Å². The Labute approximate surface area is 270 Å². The van der Waals surface area contributed by atoms with Crippen molar-refractivity contribution in [3.05, 3.63) is 102 Å². The number of aliphatic hydroxyl groups excluding tert-OH is 1. The van der Waals surface area contributed by atoms with Crippen molar-refractivity contribution < 1.29 is 38.4 Å². The van der Waals surface area contributed by atoms with E-state index < -0.39 is 30.4 Å². The predicted octanol–water partition coefficient (Wildman–Crippen LogP) is 5.32. The molecule has 0 aliphatic carbocycles. The number of fused-ring (bicyclic) bond motifs is 1. The number of nitrogens with one attached hydrogen (secondary N) is 1.